The third kappa shape index (κ3) is 3.43. The summed E-state index contributed by atoms with van der Waals surface area (Å²) in [5.41, 5.74) is 6.47. The number of aromatic nitrogens is 2. The van der Waals surface area contributed by atoms with Gasteiger partial charge in [-0.1, -0.05) is 13.8 Å². The highest BCUT2D eigenvalue weighted by atomic mass is 15.3. The van der Waals surface area contributed by atoms with Crippen molar-refractivity contribution in [2.45, 2.75) is 13.8 Å². The quantitative estimate of drug-likeness (QED) is 0.729. The fourth-order valence-corrected chi connectivity index (χ4v) is 1.52. The lowest BCUT2D eigenvalue weighted by atomic mass is 10.4. The number of hydrogen-bond acceptors (Lipinski definition) is 4. The normalized spacial score (nSPS) is 10.9. The Bertz CT molecular complexity index is 290. The Balaban J connectivity index is 2.34. The molecule has 0 bridgehead atoms. The molecular weight excluding hydrogens is 190 g/mol. The van der Waals surface area contributed by atoms with Crippen molar-refractivity contribution in [2.75, 3.05) is 37.2 Å². The molecule has 5 heteroatoms. The SMILES string of the molecule is CCN(CC)CCNc1nn(C)cc1N. The summed E-state index contributed by atoms with van der Waals surface area (Å²) < 4.78 is 1.72. The van der Waals surface area contributed by atoms with Gasteiger partial charge in [-0.25, -0.2) is 0 Å². The van der Waals surface area contributed by atoms with E-state index in [-0.39, 0.29) is 0 Å². The van der Waals surface area contributed by atoms with Crippen LogP contribution in [-0.4, -0.2) is 40.9 Å². The number of rotatable bonds is 6. The number of nitrogens with zero attached hydrogens (tertiary/aromatic N) is 3. The van der Waals surface area contributed by atoms with Crippen LogP contribution in [0.4, 0.5) is 11.5 Å². The standard InChI is InChI=1S/C10H21N5/c1-4-15(5-2)7-6-12-10-9(11)8-14(3)13-10/h8H,4-7,11H2,1-3H3,(H,12,13). The number of aryl methyl sites for hydroxylation is 1. The molecule has 1 aromatic rings. The fourth-order valence-electron chi connectivity index (χ4n) is 1.52. The van der Waals surface area contributed by atoms with E-state index < -0.39 is 0 Å². The average molecular weight is 211 g/mol. The van der Waals surface area contributed by atoms with Crippen molar-refractivity contribution in [1.82, 2.24) is 14.7 Å². The predicted molar refractivity (Wildman–Crippen MR) is 63.9 cm³/mol. The first-order chi connectivity index (χ1) is 7.17. The molecule has 0 spiro atoms. The van der Waals surface area contributed by atoms with Gasteiger partial charge in [-0.3, -0.25) is 4.68 Å². The Labute approximate surface area is 91.2 Å². The number of nitrogens with two attached hydrogens (primary N) is 1. The smallest absolute Gasteiger partial charge is 0.171 e. The van der Waals surface area contributed by atoms with Gasteiger partial charge in [0.25, 0.3) is 0 Å². The van der Waals surface area contributed by atoms with Crippen LogP contribution in [0.25, 0.3) is 0 Å². The summed E-state index contributed by atoms with van der Waals surface area (Å²) in [6, 6.07) is 0. The maximum atomic E-state index is 5.76. The van der Waals surface area contributed by atoms with Gasteiger partial charge in [0.15, 0.2) is 5.82 Å². The van der Waals surface area contributed by atoms with Crippen molar-refractivity contribution in [1.29, 1.82) is 0 Å². The van der Waals surface area contributed by atoms with Gasteiger partial charge in [0.1, 0.15) is 0 Å². The topological polar surface area (TPSA) is 59.1 Å². The van der Waals surface area contributed by atoms with Gasteiger partial charge < -0.3 is 16.0 Å². The first-order valence-electron chi connectivity index (χ1n) is 5.42. The lowest BCUT2D eigenvalue weighted by Crippen LogP contribution is -2.28. The number of hydrogen-bond donors (Lipinski definition) is 2. The Morgan fingerprint density at radius 3 is 2.60 bits per heavy atom. The van der Waals surface area contributed by atoms with Crippen LogP contribution in [0.5, 0.6) is 0 Å². The van der Waals surface area contributed by atoms with Gasteiger partial charge in [0.05, 0.1) is 5.69 Å². The molecule has 5 nitrogen and oxygen atoms in total. The van der Waals surface area contributed by atoms with E-state index >= 15 is 0 Å². The Morgan fingerprint density at radius 1 is 1.47 bits per heavy atom. The van der Waals surface area contributed by atoms with Gasteiger partial charge >= 0.3 is 0 Å². The van der Waals surface area contributed by atoms with Crippen molar-refractivity contribution >= 4 is 11.5 Å². The van der Waals surface area contributed by atoms with E-state index in [1.54, 1.807) is 10.9 Å². The first kappa shape index (κ1) is 11.8. The molecule has 0 radical (unpaired) electrons. The summed E-state index contributed by atoms with van der Waals surface area (Å²) in [7, 11) is 1.87. The van der Waals surface area contributed by atoms with Crippen molar-refractivity contribution in [3.63, 3.8) is 0 Å². The summed E-state index contributed by atoms with van der Waals surface area (Å²) >= 11 is 0. The van der Waals surface area contributed by atoms with Crippen molar-refractivity contribution in [2.24, 2.45) is 7.05 Å². The molecule has 86 valence electrons. The van der Waals surface area contributed by atoms with Gasteiger partial charge in [-0.15, -0.1) is 0 Å². The largest absolute Gasteiger partial charge is 0.394 e. The zero-order valence-electron chi connectivity index (χ0n) is 9.82. The zero-order chi connectivity index (χ0) is 11.3. The van der Waals surface area contributed by atoms with Gasteiger partial charge in [0, 0.05) is 26.3 Å². The van der Waals surface area contributed by atoms with Crippen LogP contribution in [0, 0.1) is 0 Å². The summed E-state index contributed by atoms with van der Waals surface area (Å²) in [6.45, 7) is 8.38. The molecule has 0 amide bonds. The molecule has 0 unspecified atom stereocenters. The molecule has 0 fully saturated rings. The molecule has 0 saturated heterocycles. The van der Waals surface area contributed by atoms with Gasteiger partial charge in [-0.05, 0) is 13.1 Å². The first-order valence-corrected chi connectivity index (χ1v) is 5.42. The maximum absolute atomic E-state index is 5.76. The van der Waals surface area contributed by atoms with Crippen LogP contribution in [0.2, 0.25) is 0 Å². The Hall–Kier alpha value is -1.23. The van der Waals surface area contributed by atoms with Crippen LogP contribution in [0.1, 0.15) is 13.8 Å². The average Bonchev–Trinajstić information content (AvgIpc) is 2.52. The van der Waals surface area contributed by atoms with Crippen molar-refractivity contribution in [3.8, 4) is 0 Å². The second kappa shape index (κ2) is 5.60. The number of nitrogen functional groups attached to an aromatic ring is 1. The lowest BCUT2D eigenvalue weighted by Gasteiger charge is -2.17. The highest BCUT2D eigenvalue weighted by Gasteiger charge is 2.03. The fraction of sp³-hybridized carbons (Fsp3) is 0.700. The lowest BCUT2D eigenvalue weighted by molar-refractivity contribution is 0.316. The zero-order valence-corrected chi connectivity index (χ0v) is 9.82. The van der Waals surface area contributed by atoms with Gasteiger partial charge in [-0.2, -0.15) is 5.10 Å². The molecule has 1 rings (SSSR count). The van der Waals surface area contributed by atoms with E-state index in [0.29, 0.717) is 5.69 Å². The summed E-state index contributed by atoms with van der Waals surface area (Å²) in [5.74, 6) is 0.782. The van der Waals surface area contributed by atoms with E-state index in [9.17, 15) is 0 Å². The number of anilines is 2. The predicted octanol–water partition coefficient (Wildman–Crippen LogP) is 0.756. The molecule has 15 heavy (non-hydrogen) atoms. The highest BCUT2D eigenvalue weighted by molar-refractivity contribution is 5.59. The molecule has 0 atom stereocenters. The highest BCUT2D eigenvalue weighted by Crippen LogP contribution is 2.13. The van der Waals surface area contributed by atoms with E-state index in [4.69, 9.17) is 5.73 Å². The van der Waals surface area contributed by atoms with E-state index in [2.05, 4.69) is 29.2 Å². The van der Waals surface area contributed by atoms with E-state index in [1.165, 1.54) is 0 Å². The molecule has 1 heterocycles. The maximum Gasteiger partial charge on any atom is 0.171 e. The Kier molecular flexibility index (Phi) is 4.42. The van der Waals surface area contributed by atoms with Crippen molar-refractivity contribution < 1.29 is 0 Å². The van der Waals surface area contributed by atoms with Crippen LogP contribution in [-0.2, 0) is 7.05 Å². The molecule has 1 aromatic heterocycles. The minimum absolute atomic E-state index is 0.706. The summed E-state index contributed by atoms with van der Waals surface area (Å²) in [6.07, 6.45) is 1.81. The van der Waals surface area contributed by atoms with Gasteiger partial charge in [0.2, 0.25) is 0 Å². The monoisotopic (exact) mass is 211 g/mol. The van der Waals surface area contributed by atoms with Crippen LogP contribution in [0.15, 0.2) is 6.20 Å². The third-order valence-corrected chi connectivity index (χ3v) is 2.47. The van der Waals surface area contributed by atoms with Crippen LogP contribution >= 0.6 is 0 Å². The number of likely N-dealkylation sites (N-methyl/N-ethyl adjacent to an activating group) is 1. The van der Waals surface area contributed by atoms with E-state index in [1.807, 2.05) is 7.05 Å². The van der Waals surface area contributed by atoms with Crippen LogP contribution < -0.4 is 11.1 Å². The van der Waals surface area contributed by atoms with Crippen molar-refractivity contribution in [3.05, 3.63) is 6.20 Å². The summed E-state index contributed by atoms with van der Waals surface area (Å²) in [4.78, 5) is 2.35. The minimum Gasteiger partial charge on any atom is -0.394 e. The van der Waals surface area contributed by atoms with E-state index in [0.717, 1.165) is 32.0 Å². The molecule has 0 saturated carbocycles. The molecule has 0 aliphatic carbocycles. The summed E-state index contributed by atoms with van der Waals surface area (Å²) in [5, 5.41) is 7.46. The van der Waals surface area contributed by atoms with Crippen LogP contribution in [0.3, 0.4) is 0 Å². The Morgan fingerprint density at radius 2 is 2.13 bits per heavy atom. The minimum atomic E-state index is 0.706. The molecule has 0 aromatic carbocycles. The second-order valence-corrected chi connectivity index (χ2v) is 3.56. The molecule has 3 N–H and O–H groups in total. The molecular formula is C10H21N5. The molecule has 0 aliphatic heterocycles. The second-order valence-electron chi connectivity index (χ2n) is 3.56. The number of nitrogens with one attached hydrogen (secondary N) is 1. The third-order valence-electron chi connectivity index (χ3n) is 2.47. The molecule has 0 aliphatic rings.